The number of allylic oxidation sites excluding steroid dienone is 4. The van der Waals surface area contributed by atoms with Crippen LogP contribution in [0.2, 0.25) is 5.31 Å². The fourth-order valence-electron chi connectivity index (χ4n) is 1.64. The Morgan fingerprint density at radius 1 is 1.11 bits per heavy atom. The molecule has 0 fully saturated rings. The molecule has 2 radical (unpaired) electrons. The van der Waals surface area contributed by atoms with Crippen LogP contribution in [0.1, 0.15) is 20.3 Å². The smallest absolute Gasteiger partial charge is 0.170 e. The lowest BCUT2D eigenvalue weighted by molar-refractivity contribution is -0.162. The molecule has 0 spiro atoms. The molecule has 1 aliphatic rings. The van der Waals surface area contributed by atoms with Crippen molar-refractivity contribution in [3.05, 3.63) is 23.3 Å². The number of hydrogen-bond donors (Lipinski definition) is 0. The van der Waals surface area contributed by atoms with Crippen molar-refractivity contribution in [2.24, 2.45) is 5.92 Å². The molecule has 1 atom stereocenters. The van der Waals surface area contributed by atoms with Crippen LogP contribution in [0.15, 0.2) is 23.3 Å². The first kappa shape index (κ1) is 15.2. The van der Waals surface area contributed by atoms with Crippen LogP contribution < -0.4 is 0 Å². The second kappa shape index (κ2) is 4.35. The van der Waals surface area contributed by atoms with Gasteiger partial charge in [0.25, 0.3) is 0 Å². The zero-order valence-electron chi connectivity index (χ0n) is 9.78. The molecule has 0 aromatic rings. The van der Waals surface area contributed by atoms with Crippen LogP contribution in [0, 0.1) is 5.92 Å². The minimum absolute atomic E-state index is 0.0559. The van der Waals surface area contributed by atoms with E-state index in [1.165, 1.54) is 13.8 Å². The van der Waals surface area contributed by atoms with Gasteiger partial charge >= 0.3 is 12.4 Å². The Morgan fingerprint density at radius 2 is 1.61 bits per heavy atom. The van der Waals surface area contributed by atoms with Crippen molar-refractivity contribution in [1.82, 2.24) is 0 Å². The van der Waals surface area contributed by atoms with Crippen molar-refractivity contribution in [1.29, 1.82) is 0 Å². The third kappa shape index (κ3) is 3.56. The second-order valence-electron chi connectivity index (χ2n) is 4.86. The minimum atomic E-state index is -4.81. The van der Waals surface area contributed by atoms with Gasteiger partial charge in [-0.15, -0.1) is 0 Å². The topological polar surface area (TPSA) is 0 Å². The third-order valence-corrected chi connectivity index (χ3v) is 2.73. The molecule has 1 aliphatic carbocycles. The molecule has 7 heteroatoms. The second-order valence-corrected chi connectivity index (χ2v) is 4.86. The zero-order valence-corrected chi connectivity index (χ0v) is 9.78. The Kier molecular flexibility index (Phi) is 3.67. The van der Waals surface area contributed by atoms with E-state index in [1.54, 1.807) is 0 Å². The molecular formula is C11H11BF6. The van der Waals surface area contributed by atoms with Gasteiger partial charge in [0.2, 0.25) is 0 Å². The first-order chi connectivity index (χ1) is 7.82. The summed E-state index contributed by atoms with van der Waals surface area (Å²) < 4.78 is 75.4. The first-order valence-corrected chi connectivity index (χ1v) is 5.17. The number of halogens is 6. The molecule has 1 unspecified atom stereocenters. The van der Waals surface area contributed by atoms with E-state index in [9.17, 15) is 26.3 Å². The molecule has 0 aromatic heterocycles. The third-order valence-electron chi connectivity index (χ3n) is 2.73. The lowest BCUT2D eigenvalue weighted by Crippen LogP contribution is -2.28. The molecule has 100 valence electrons. The summed E-state index contributed by atoms with van der Waals surface area (Å²) in [5, 5.41) is -1.21. The Hall–Kier alpha value is -0.875. The highest BCUT2D eigenvalue weighted by molar-refractivity contribution is 6.16. The Morgan fingerprint density at radius 3 is 1.94 bits per heavy atom. The van der Waals surface area contributed by atoms with Crippen molar-refractivity contribution in [3.63, 3.8) is 0 Å². The predicted octanol–water partition coefficient (Wildman–Crippen LogP) is 4.35. The molecule has 1 rings (SSSR count). The van der Waals surface area contributed by atoms with E-state index in [2.05, 4.69) is 0 Å². The summed E-state index contributed by atoms with van der Waals surface area (Å²) in [5.41, 5.74) is -1.34. The Bertz CT molecular complexity index is 380. The first-order valence-electron chi connectivity index (χ1n) is 5.17. The van der Waals surface area contributed by atoms with Gasteiger partial charge in [-0.05, 0) is 6.42 Å². The lowest BCUT2D eigenvalue weighted by Gasteiger charge is -2.31. The van der Waals surface area contributed by atoms with Gasteiger partial charge in [0, 0.05) is 0 Å². The van der Waals surface area contributed by atoms with Crippen molar-refractivity contribution in [2.45, 2.75) is 37.9 Å². The van der Waals surface area contributed by atoms with Crippen molar-refractivity contribution in [3.8, 4) is 0 Å². The van der Waals surface area contributed by atoms with Gasteiger partial charge in [-0.2, -0.15) is 26.3 Å². The monoisotopic (exact) mass is 268 g/mol. The van der Waals surface area contributed by atoms with Crippen molar-refractivity contribution >= 4 is 7.85 Å². The zero-order chi connectivity index (χ0) is 14.4. The maximum Gasteiger partial charge on any atom is 0.416 e. The highest BCUT2D eigenvalue weighted by Crippen LogP contribution is 2.46. The summed E-state index contributed by atoms with van der Waals surface area (Å²) in [7, 11) is 5.59. The quantitative estimate of drug-likeness (QED) is 0.490. The van der Waals surface area contributed by atoms with Gasteiger partial charge in [0.15, 0.2) is 0 Å². The fourth-order valence-corrected chi connectivity index (χ4v) is 1.64. The highest BCUT2D eigenvalue weighted by Gasteiger charge is 2.45. The van der Waals surface area contributed by atoms with Crippen LogP contribution in [-0.2, 0) is 0 Å². The van der Waals surface area contributed by atoms with Crippen LogP contribution >= 0.6 is 0 Å². The Labute approximate surface area is 102 Å². The SMILES string of the molecule is [B]C(C)(C)C1=CC(C(F)(F)F)=CC(C(F)(F)F)C1. The summed E-state index contributed by atoms with van der Waals surface area (Å²) in [6, 6.07) is 0. The minimum Gasteiger partial charge on any atom is -0.170 e. The molecule has 18 heavy (non-hydrogen) atoms. The standard InChI is InChI=1S/C11H11BF6/c1-9(2,12)6-3-7(10(13,14)15)5-8(4-6)11(16,17)18/h3,5,8H,4H2,1-2H3. The summed E-state index contributed by atoms with van der Waals surface area (Å²) >= 11 is 0. The van der Waals surface area contributed by atoms with E-state index in [4.69, 9.17) is 7.85 Å². The molecule has 0 heterocycles. The molecule has 0 saturated carbocycles. The van der Waals surface area contributed by atoms with E-state index in [0.717, 1.165) is 0 Å². The van der Waals surface area contributed by atoms with Crippen LogP contribution in [-0.4, -0.2) is 20.2 Å². The largest absolute Gasteiger partial charge is 0.416 e. The van der Waals surface area contributed by atoms with Crippen molar-refractivity contribution < 1.29 is 26.3 Å². The summed E-state index contributed by atoms with van der Waals surface area (Å²) in [6.45, 7) is 2.76. The van der Waals surface area contributed by atoms with Crippen LogP contribution in [0.25, 0.3) is 0 Å². The van der Waals surface area contributed by atoms with Gasteiger partial charge in [-0.1, -0.05) is 36.9 Å². The maximum atomic E-state index is 12.6. The van der Waals surface area contributed by atoms with Crippen molar-refractivity contribution in [2.75, 3.05) is 0 Å². The average molecular weight is 268 g/mol. The van der Waals surface area contributed by atoms with E-state index >= 15 is 0 Å². The van der Waals surface area contributed by atoms with Gasteiger partial charge in [0.05, 0.1) is 19.3 Å². The molecule has 0 aromatic carbocycles. The normalized spacial score (nSPS) is 22.6. The van der Waals surface area contributed by atoms with E-state index < -0.39 is 35.6 Å². The van der Waals surface area contributed by atoms with Crippen LogP contribution in [0.5, 0.6) is 0 Å². The molecule has 0 N–H and O–H groups in total. The van der Waals surface area contributed by atoms with Crippen LogP contribution in [0.3, 0.4) is 0 Å². The highest BCUT2D eigenvalue weighted by atomic mass is 19.4. The van der Waals surface area contributed by atoms with Gasteiger partial charge in [0.1, 0.15) is 0 Å². The summed E-state index contributed by atoms with van der Waals surface area (Å²) in [5.74, 6) is -2.14. The molecule has 0 nitrogen and oxygen atoms in total. The number of alkyl halides is 6. The van der Waals surface area contributed by atoms with Gasteiger partial charge in [-0.25, -0.2) is 0 Å². The van der Waals surface area contributed by atoms with Gasteiger partial charge < -0.3 is 0 Å². The fraction of sp³-hybridized carbons (Fsp3) is 0.636. The molecule has 0 bridgehead atoms. The summed E-state index contributed by atoms with van der Waals surface area (Å²) in [6.07, 6.45) is -9.12. The Balaban J connectivity index is 3.21. The molecule has 0 aliphatic heterocycles. The van der Waals surface area contributed by atoms with E-state index in [0.29, 0.717) is 6.08 Å². The predicted molar refractivity (Wildman–Crippen MR) is 56.2 cm³/mol. The average Bonchev–Trinajstić information content (AvgIpc) is 2.13. The maximum absolute atomic E-state index is 12.6. The molecule has 0 saturated heterocycles. The number of rotatable bonds is 1. The summed E-state index contributed by atoms with van der Waals surface area (Å²) in [4.78, 5) is 0. The van der Waals surface area contributed by atoms with Gasteiger partial charge in [-0.3, -0.25) is 0 Å². The molecule has 0 amide bonds. The molecular weight excluding hydrogens is 257 g/mol. The lowest BCUT2D eigenvalue weighted by atomic mass is 9.63. The van der Waals surface area contributed by atoms with E-state index in [-0.39, 0.29) is 11.6 Å². The van der Waals surface area contributed by atoms with E-state index in [1.807, 2.05) is 0 Å². The number of hydrogen-bond acceptors (Lipinski definition) is 0. The van der Waals surface area contributed by atoms with Crippen LogP contribution in [0.4, 0.5) is 26.3 Å².